The van der Waals surface area contributed by atoms with Crippen molar-refractivity contribution in [3.05, 3.63) is 23.3 Å². The molecule has 0 saturated carbocycles. The lowest BCUT2D eigenvalue weighted by Crippen LogP contribution is -2.33. The highest BCUT2D eigenvalue weighted by Gasteiger charge is 2.25. The van der Waals surface area contributed by atoms with Gasteiger partial charge in [-0.1, -0.05) is 0 Å². The van der Waals surface area contributed by atoms with Crippen LogP contribution in [0.4, 0.5) is 8.78 Å². The van der Waals surface area contributed by atoms with Gasteiger partial charge in [-0.2, -0.15) is 4.39 Å². The molecule has 1 aliphatic rings. The molecule has 1 saturated heterocycles. The number of phenols is 2. The molecule has 1 heterocycles. The van der Waals surface area contributed by atoms with Crippen LogP contribution in [0, 0.1) is 11.6 Å². The summed E-state index contributed by atoms with van der Waals surface area (Å²) in [7, 11) is 0. The molecule has 0 aliphatic carbocycles. The normalized spacial score (nSPS) is 21.0. The number of morpholine rings is 1. The van der Waals surface area contributed by atoms with E-state index in [9.17, 15) is 13.9 Å². The third kappa shape index (κ3) is 1.81. The van der Waals surface area contributed by atoms with Crippen LogP contribution in [0.5, 0.6) is 11.5 Å². The predicted octanol–water partition coefficient (Wildman–Crippen LogP) is 1.04. The summed E-state index contributed by atoms with van der Waals surface area (Å²) in [5.41, 5.74) is 0.000000000000000222. The average Bonchev–Trinajstić information content (AvgIpc) is 2.32. The minimum absolute atomic E-state index is 0.000000000000000222. The lowest BCUT2D eigenvalue weighted by Gasteiger charge is -2.24. The first-order chi connectivity index (χ1) is 7.61. The molecule has 0 spiro atoms. The molecule has 0 amide bonds. The van der Waals surface area contributed by atoms with Crippen molar-refractivity contribution in [2.24, 2.45) is 0 Å². The first kappa shape index (κ1) is 11.1. The van der Waals surface area contributed by atoms with Gasteiger partial charge in [-0.05, 0) is 6.07 Å². The zero-order chi connectivity index (χ0) is 11.7. The van der Waals surface area contributed by atoms with Gasteiger partial charge in [-0.3, -0.25) is 0 Å². The van der Waals surface area contributed by atoms with E-state index >= 15 is 0 Å². The van der Waals surface area contributed by atoms with E-state index in [0.29, 0.717) is 19.7 Å². The number of nitrogens with one attached hydrogen (secondary N) is 1. The molecule has 1 unspecified atom stereocenters. The van der Waals surface area contributed by atoms with E-state index in [2.05, 4.69) is 5.32 Å². The molecule has 1 aromatic rings. The van der Waals surface area contributed by atoms with E-state index in [1.165, 1.54) is 0 Å². The lowest BCUT2D eigenvalue weighted by atomic mass is 10.1. The van der Waals surface area contributed by atoms with Gasteiger partial charge in [-0.25, -0.2) is 4.39 Å². The van der Waals surface area contributed by atoms with Crippen molar-refractivity contribution in [1.29, 1.82) is 0 Å². The SMILES string of the molecule is Oc1c(F)cc(C2CNCCO2)c(O)c1F. The summed E-state index contributed by atoms with van der Waals surface area (Å²) < 4.78 is 31.5. The zero-order valence-corrected chi connectivity index (χ0v) is 8.33. The van der Waals surface area contributed by atoms with Crippen LogP contribution < -0.4 is 5.32 Å². The van der Waals surface area contributed by atoms with E-state index in [0.717, 1.165) is 6.07 Å². The molecular formula is C10H11F2NO3. The molecule has 0 bridgehead atoms. The number of rotatable bonds is 1. The Morgan fingerprint density at radius 2 is 2.06 bits per heavy atom. The van der Waals surface area contributed by atoms with Crippen LogP contribution in [0.25, 0.3) is 0 Å². The van der Waals surface area contributed by atoms with Gasteiger partial charge in [0.2, 0.25) is 5.82 Å². The molecule has 3 N–H and O–H groups in total. The first-order valence-corrected chi connectivity index (χ1v) is 4.83. The summed E-state index contributed by atoms with van der Waals surface area (Å²) in [5, 5.41) is 21.4. The van der Waals surface area contributed by atoms with Crippen molar-refractivity contribution in [2.75, 3.05) is 19.7 Å². The van der Waals surface area contributed by atoms with Crippen molar-refractivity contribution in [2.45, 2.75) is 6.10 Å². The second kappa shape index (κ2) is 4.23. The molecule has 1 atom stereocenters. The van der Waals surface area contributed by atoms with Crippen LogP contribution in [0.1, 0.15) is 11.7 Å². The molecule has 4 nitrogen and oxygen atoms in total. The summed E-state index contributed by atoms with van der Waals surface area (Å²) >= 11 is 0. The summed E-state index contributed by atoms with van der Waals surface area (Å²) in [5.74, 6) is -4.42. The third-order valence-electron chi connectivity index (χ3n) is 2.47. The van der Waals surface area contributed by atoms with Gasteiger partial charge >= 0.3 is 0 Å². The Morgan fingerprint density at radius 1 is 1.31 bits per heavy atom. The molecule has 88 valence electrons. The van der Waals surface area contributed by atoms with Crippen LogP contribution in [0.2, 0.25) is 0 Å². The Morgan fingerprint density at radius 3 is 2.69 bits per heavy atom. The summed E-state index contributed by atoms with van der Waals surface area (Å²) in [6, 6.07) is 0.880. The summed E-state index contributed by atoms with van der Waals surface area (Å²) in [6.45, 7) is 1.41. The molecule has 1 aliphatic heterocycles. The quantitative estimate of drug-likeness (QED) is 0.675. The monoisotopic (exact) mass is 231 g/mol. The number of phenolic OH excluding ortho intramolecular Hbond substituents is 2. The number of hydrogen-bond donors (Lipinski definition) is 3. The summed E-state index contributed by atoms with van der Waals surface area (Å²) in [6.07, 6.45) is -0.613. The van der Waals surface area contributed by atoms with E-state index in [1.54, 1.807) is 0 Å². The Hall–Kier alpha value is -1.40. The maximum absolute atomic E-state index is 13.2. The molecule has 16 heavy (non-hydrogen) atoms. The standard InChI is InChI=1S/C10H11F2NO3/c11-6-3-5(7-4-13-1-2-16-7)9(14)8(12)10(6)15/h3,7,13-15H,1-2,4H2. The minimum atomic E-state index is -1.36. The van der Waals surface area contributed by atoms with Crippen molar-refractivity contribution >= 4 is 0 Å². The van der Waals surface area contributed by atoms with Crippen LogP contribution in [0.3, 0.4) is 0 Å². The maximum Gasteiger partial charge on any atom is 0.209 e. The smallest absolute Gasteiger partial charge is 0.209 e. The predicted molar refractivity (Wildman–Crippen MR) is 51.3 cm³/mol. The average molecular weight is 231 g/mol. The molecule has 1 aromatic carbocycles. The van der Waals surface area contributed by atoms with Gasteiger partial charge in [0.1, 0.15) is 0 Å². The van der Waals surface area contributed by atoms with Gasteiger partial charge in [0.15, 0.2) is 17.3 Å². The van der Waals surface area contributed by atoms with Crippen LogP contribution in [0.15, 0.2) is 6.07 Å². The fourth-order valence-corrected chi connectivity index (χ4v) is 1.63. The summed E-state index contributed by atoms with van der Waals surface area (Å²) in [4.78, 5) is 0. The van der Waals surface area contributed by atoms with Crippen molar-refractivity contribution < 1.29 is 23.7 Å². The molecule has 0 aromatic heterocycles. The topological polar surface area (TPSA) is 61.7 Å². The van der Waals surface area contributed by atoms with E-state index in [-0.39, 0.29) is 5.56 Å². The van der Waals surface area contributed by atoms with E-state index < -0.39 is 29.2 Å². The van der Waals surface area contributed by atoms with Crippen LogP contribution in [-0.4, -0.2) is 29.9 Å². The fraction of sp³-hybridized carbons (Fsp3) is 0.400. The third-order valence-corrected chi connectivity index (χ3v) is 2.47. The maximum atomic E-state index is 13.2. The second-order valence-corrected chi connectivity index (χ2v) is 3.52. The number of hydrogen-bond acceptors (Lipinski definition) is 4. The van der Waals surface area contributed by atoms with Crippen LogP contribution >= 0.6 is 0 Å². The Labute approximate surface area is 90.5 Å². The molecule has 2 rings (SSSR count). The minimum Gasteiger partial charge on any atom is -0.504 e. The molecule has 0 radical (unpaired) electrons. The van der Waals surface area contributed by atoms with Gasteiger partial charge in [0, 0.05) is 18.7 Å². The number of ether oxygens (including phenoxy) is 1. The van der Waals surface area contributed by atoms with Crippen molar-refractivity contribution in [3.8, 4) is 11.5 Å². The van der Waals surface area contributed by atoms with Gasteiger partial charge < -0.3 is 20.3 Å². The number of aromatic hydroxyl groups is 2. The Bertz CT molecular complexity index is 406. The van der Waals surface area contributed by atoms with Gasteiger partial charge in [0.05, 0.1) is 12.7 Å². The highest BCUT2D eigenvalue weighted by atomic mass is 19.1. The van der Waals surface area contributed by atoms with Gasteiger partial charge in [-0.15, -0.1) is 0 Å². The number of benzene rings is 1. The highest BCUT2D eigenvalue weighted by molar-refractivity contribution is 5.43. The van der Waals surface area contributed by atoms with E-state index in [1.807, 2.05) is 0 Å². The largest absolute Gasteiger partial charge is 0.504 e. The van der Waals surface area contributed by atoms with Crippen molar-refractivity contribution in [3.63, 3.8) is 0 Å². The highest BCUT2D eigenvalue weighted by Crippen LogP contribution is 2.36. The van der Waals surface area contributed by atoms with Crippen LogP contribution in [-0.2, 0) is 4.74 Å². The Kier molecular flexibility index (Phi) is 2.93. The van der Waals surface area contributed by atoms with E-state index in [4.69, 9.17) is 9.84 Å². The molecule has 1 fully saturated rings. The van der Waals surface area contributed by atoms with Gasteiger partial charge in [0.25, 0.3) is 0 Å². The molecule has 6 heteroatoms. The second-order valence-electron chi connectivity index (χ2n) is 3.52. The lowest BCUT2D eigenvalue weighted by molar-refractivity contribution is 0.0257. The first-order valence-electron chi connectivity index (χ1n) is 4.83. The number of halogens is 2. The van der Waals surface area contributed by atoms with Crippen molar-refractivity contribution in [1.82, 2.24) is 5.32 Å². The molecular weight excluding hydrogens is 220 g/mol. The zero-order valence-electron chi connectivity index (χ0n) is 8.33. The Balaban J connectivity index is 2.40. The fourth-order valence-electron chi connectivity index (χ4n) is 1.63.